The topological polar surface area (TPSA) is 74.1 Å². The van der Waals surface area contributed by atoms with Crippen LogP contribution in [0.1, 0.15) is 12.7 Å². The summed E-state index contributed by atoms with van der Waals surface area (Å²) >= 11 is 5.77. The second kappa shape index (κ2) is 5.99. The first-order valence-electron chi connectivity index (χ1n) is 5.67. The van der Waals surface area contributed by atoms with Crippen molar-refractivity contribution in [3.05, 3.63) is 35.1 Å². The monoisotopic (exact) mass is 335 g/mol. The summed E-state index contributed by atoms with van der Waals surface area (Å²) in [5.74, 6) is 0.969. The minimum Gasteiger partial charge on any atom is -0.486 e. The van der Waals surface area contributed by atoms with E-state index in [4.69, 9.17) is 27.0 Å². The first-order valence-corrected chi connectivity index (χ1v) is 8.35. The molecule has 0 saturated carbocycles. The van der Waals surface area contributed by atoms with Crippen molar-refractivity contribution in [1.82, 2.24) is 14.8 Å². The summed E-state index contributed by atoms with van der Waals surface area (Å²) in [6, 6.07) is 6.79. The largest absolute Gasteiger partial charge is 0.486 e. The van der Waals surface area contributed by atoms with Crippen LogP contribution in [0.2, 0.25) is 5.02 Å². The minimum absolute atomic E-state index is 0.0783. The quantitative estimate of drug-likeness (QED) is 0.784. The normalized spacial score (nSPS) is 11.6. The van der Waals surface area contributed by atoms with Crippen molar-refractivity contribution in [2.24, 2.45) is 0 Å². The molecule has 2 aromatic rings. The van der Waals surface area contributed by atoms with E-state index in [0.717, 1.165) is 0 Å². The van der Waals surface area contributed by atoms with E-state index in [-0.39, 0.29) is 11.8 Å². The number of halogens is 2. The molecule has 9 heteroatoms. The van der Waals surface area contributed by atoms with Crippen LogP contribution in [0.5, 0.6) is 5.75 Å². The number of benzene rings is 1. The standard InChI is InChI=1S/C11H11Cl2N3O3S/c1-2-16-10(14-15-11(16)20(13,17)18)7-19-9-5-3-8(12)4-6-9/h3-6H,2,7H2,1H3. The van der Waals surface area contributed by atoms with Crippen LogP contribution in [0.3, 0.4) is 0 Å². The molecule has 0 atom stereocenters. The van der Waals surface area contributed by atoms with Crippen LogP contribution in [0.4, 0.5) is 0 Å². The van der Waals surface area contributed by atoms with Crippen molar-refractivity contribution in [2.45, 2.75) is 25.2 Å². The SMILES string of the molecule is CCn1c(COc2ccc(Cl)cc2)nnc1S(=O)(=O)Cl. The van der Waals surface area contributed by atoms with Crippen LogP contribution in [-0.4, -0.2) is 23.2 Å². The average Bonchev–Trinajstić information content (AvgIpc) is 2.81. The Morgan fingerprint density at radius 3 is 2.45 bits per heavy atom. The summed E-state index contributed by atoms with van der Waals surface area (Å²) in [5.41, 5.74) is 0. The van der Waals surface area contributed by atoms with Gasteiger partial charge in [-0.05, 0) is 31.2 Å². The molecule has 0 aliphatic carbocycles. The number of hydrogen-bond acceptors (Lipinski definition) is 5. The van der Waals surface area contributed by atoms with Crippen molar-refractivity contribution in [1.29, 1.82) is 0 Å². The Kier molecular flexibility index (Phi) is 4.52. The van der Waals surface area contributed by atoms with Gasteiger partial charge in [0.25, 0.3) is 14.2 Å². The molecule has 0 unspecified atom stereocenters. The lowest BCUT2D eigenvalue weighted by molar-refractivity contribution is 0.288. The van der Waals surface area contributed by atoms with Crippen molar-refractivity contribution < 1.29 is 13.2 Å². The van der Waals surface area contributed by atoms with Gasteiger partial charge in [-0.3, -0.25) is 4.57 Å². The number of aromatic nitrogens is 3. The molecular formula is C11H11Cl2N3O3S. The molecule has 108 valence electrons. The van der Waals surface area contributed by atoms with Gasteiger partial charge >= 0.3 is 0 Å². The third-order valence-electron chi connectivity index (χ3n) is 2.51. The fourth-order valence-electron chi connectivity index (χ4n) is 1.60. The van der Waals surface area contributed by atoms with E-state index in [1.807, 2.05) is 0 Å². The first kappa shape index (κ1) is 15.1. The second-order valence-corrected chi connectivity index (χ2v) is 6.72. The molecule has 0 bridgehead atoms. The van der Waals surface area contributed by atoms with Gasteiger partial charge in [-0.15, -0.1) is 10.2 Å². The smallest absolute Gasteiger partial charge is 0.296 e. The summed E-state index contributed by atoms with van der Waals surface area (Å²) in [6.07, 6.45) is 0. The van der Waals surface area contributed by atoms with Crippen molar-refractivity contribution >= 4 is 31.3 Å². The van der Waals surface area contributed by atoms with Crippen LogP contribution in [0.25, 0.3) is 0 Å². The van der Waals surface area contributed by atoms with Gasteiger partial charge in [0.1, 0.15) is 12.4 Å². The highest BCUT2D eigenvalue weighted by Crippen LogP contribution is 2.18. The molecule has 6 nitrogen and oxygen atoms in total. The lowest BCUT2D eigenvalue weighted by Gasteiger charge is -2.07. The third-order valence-corrected chi connectivity index (χ3v) is 3.91. The lowest BCUT2D eigenvalue weighted by Crippen LogP contribution is -2.10. The van der Waals surface area contributed by atoms with Crippen LogP contribution in [0.15, 0.2) is 29.4 Å². The van der Waals surface area contributed by atoms with Crippen molar-refractivity contribution in [2.75, 3.05) is 0 Å². The van der Waals surface area contributed by atoms with E-state index in [9.17, 15) is 8.42 Å². The Bertz CT molecular complexity index is 698. The van der Waals surface area contributed by atoms with E-state index < -0.39 is 9.05 Å². The van der Waals surface area contributed by atoms with Gasteiger partial charge in [-0.1, -0.05) is 11.6 Å². The Balaban J connectivity index is 2.18. The molecule has 1 aromatic heterocycles. The Morgan fingerprint density at radius 1 is 1.25 bits per heavy atom. The average molecular weight is 336 g/mol. The summed E-state index contributed by atoms with van der Waals surface area (Å²) in [6.45, 7) is 2.21. The van der Waals surface area contributed by atoms with E-state index >= 15 is 0 Å². The van der Waals surface area contributed by atoms with Gasteiger partial charge in [-0.25, -0.2) is 8.42 Å². The molecule has 0 spiro atoms. The van der Waals surface area contributed by atoms with Gasteiger partial charge in [0.05, 0.1) is 0 Å². The summed E-state index contributed by atoms with van der Waals surface area (Å²) in [5, 5.41) is 7.68. The van der Waals surface area contributed by atoms with Gasteiger partial charge < -0.3 is 4.74 Å². The Labute approximate surface area is 125 Å². The highest BCUT2D eigenvalue weighted by atomic mass is 35.7. The number of rotatable bonds is 5. The number of hydrogen-bond donors (Lipinski definition) is 0. The molecule has 0 aliphatic rings. The fourth-order valence-corrected chi connectivity index (χ4v) is 2.71. The Hall–Kier alpha value is -1.31. The fraction of sp³-hybridized carbons (Fsp3) is 0.273. The predicted molar refractivity (Wildman–Crippen MR) is 74.5 cm³/mol. The lowest BCUT2D eigenvalue weighted by atomic mass is 10.3. The summed E-state index contributed by atoms with van der Waals surface area (Å²) in [4.78, 5) is 0. The molecule has 2 rings (SSSR count). The maximum absolute atomic E-state index is 11.3. The molecule has 0 saturated heterocycles. The molecule has 0 N–H and O–H groups in total. The van der Waals surface area contributed by atoms with Crippen LogP contribution in [0, 0.1) is 0 Å². The molecule has 20 heavy (non-hydrogen) atoms. The van der Waals surface area contributed by atoms with Crippen molar-refractivity contribution in [3.63, 3.8) is 0 Å². The summed E-state index contributed by atoms with van der Waals surface area (Å²) in [7, 11) is 1.36. The second-order valence-electron chi connectivity index (χ2n) is 3.82. The molecule has 0 radical (unpaired) electrons. The Morgan fingerprint density at radius 2 is 1.90 bits per heavy atom. The predicted octanol–water partition coefficient (Wildman–Crippen LogP) is 2.46. The highest BCUT2D eigenvalue weighted by Gasteiger charge is 2.21. The van der Waals surface area contributed by atoms with E-state index in [2.05, 4.69) is 10.2 Å². The maximum atomic E-state index is 11.3. The van der Waals surface area contributed by atoms with Gasteiger partial charge in [-0.2, -0.15) is 0 Å². The van der Waals surface area contributed by atoms with E-state index in [1.54, 1.807) is 31.2 Å². The molecular weight excluding hydrogens is 325 g/mol. The molecule has 0 fully saturated rings. The zero-order valence-corrected chi connectivity index (χ0v) is 12.8. The highest BCUT2D eigenvalue weighted by molar-refractivity contribution is 8.13. The van der Waals surface area contributed by atoms with Crippen LogP contribution in [-0.2, 0) is 22.2 Å². The number of nitrogens with zero attached hydrogens (tertiary/aromatic N) is 3. The van der Waals surface area contributed by atoms with Gasteiger partial charge in [0, 0.05) is 22.2 Å². The summed E-state index contributed by atoms with van der Waals surface area (Å²) < 4.78 is 29.5. The molecule has 1 aromatic carbocycles. The third kappa shape index (κ3) is 3.41. The zero-order valence-electron chi connectivity index (χ0n) is 10.5. The van der Waals surface area contributed by atoms with E-state index in [1.165, 1.54) is 4.57 Å². The molecule has 0 amide bonds. The zero-order chi connectivity index (χ0) is 14.8. The van der Waals surface area contributed by atoms with Crippen molar-refractivity contribution in [3.8, 4) is 5.75 Å². The van der Waals surface area contributed by atoms with Gasteiger partial charge in [0.15, 0.2) is 5.82 Å². The van der Waals surface area contributed by atoms with E-state index in [0.29, 0.717) is 23.1 Å². The molecule has 0 aliphatic heterocycles. The minimum atomic E-state index is -3.92. The first-order chi connectivity index (χ1) is 9.41. The number of ether oxygens (including phenoxy) is 1. The molecule has 1 heterocycles. The van der Waals surface area contributed by atoms with Crippen LogP contribution < -0.4 is 4.74 Å². The maximum Gasteiger partial charge on any atom is 0.296 e. The van der Waals surface area contributed by atoms with Gasteiger partial charge in [0.2, 0.25) is 0 Å². The van der Waals surface area contributed by atoms with Crippen LogP contribution >= 0.6 is 22.3 Å².